The minimum Gasteiger partial charge on any atom is -0.462 e. The molecule has 0 amide bonds. The van der Waals surface area contributed by atoms with E-state index in [2.05, 4.69) is 9.72 Å². The highest BCUT2D eigenvalue weighted by Crippen LogP contribution is 2.39. The maximum Gasteiger partial charge on any atom is 0.419 e. The van der Waals surface area contributed by atoms with E-state index in [-0.39, 0.29) is 6.61 Å². The van der Waals surface area contributed by atoms with E-state index in [1.807, 2.05) is 0 Å². The summed E-state index contributed by atoms with van der Waals surface area (Å²) < 4.78 is 68.6. The van der Waals surface area contributed by atoms with Gasteiger partial charge in [-0.1, -0.05) is 0 Å². The number of carbonyl (C=O) groups is 1. The summed E-state index contributed by atoms with van der Waals surface area (Å²) in [5.74, 6) is -1.36. The molecule has 20 heavy (non-hydrogen) atoms. The van der Waals surface area contributed by atoms with E-state index in [4.69, 9.17) is 5.26 Å². The molecule has 9 heteroatoms. The van der Waals surface area contributed by atoms with E-state index in [1.54, 1.807) is 0 Å². The summed E-state index contributed by atoms with van der Waals surface area (Å²) in [6.45, 7) is 1.16. The summed E-state index contributed by atoms with van der Waals surface area (Å²) in [7, 11) is 0. The van der Waals surface area contributed by atoms with Gasteiger partial charge >= 0.3 is 12.1 Å². The molecule has 0 fully saturated rings. The monoisotopic (exact) mass is 294 g/mol. The molecule has 0 atom stereocenters. The molecule has 108 valence electrons. The lowest BCUT2D eigenvalue weighted by Gasteiger charge is -2.16. The molecule has 0 aliphatic rings. The van der Waals surface area contributed by atoms with Crippen LogP contribution in [0.3, 0.4) is 0 Å². The number of nitrogens with zero attached hydrogens (tertiary/aromatic N) is 2. The summed E-state index contributed by atoms with van der Waals surface area (Å²) in [6, 6.07) is 1.08. The molecular formula is C11H7F5N2O2. The molecule has 0 saturated heterocycles. The Balaban J connectivity index is 3.66. The first-order valence-electron chi connectivity index (χ1n) is 5.19. The average Bonchev–Trinajstić information content (AvgIpc) is 2.35. The highest BCUT2D eigenvalue weighted by molar-refractivity contribution is 5.91. The van der Waals surface area contributed by atoms with E-state index in [0.29, 0.717) is 6.20 Å². The van der Waals surface area contributed by atoms with E-state index >= 15 is 0 Å². The topological polar surface area (TPSA) is 63.0 Å². The zero-order chi connectivity index (χ0) is 15.5. The molecule has 1 rings (SSSR count). The Bertz CT molecular complexity index is 563. The van der Waals surface area contributed by atoms with Gasteiger partial charge in [-0.2, -0.15) is 18.4 Å². The number of hydrogen-bond donors (Lipinski definition) is 0. The van der Waals surface area contributed by atoms with Crippen LogP contribution in [0, 0.1) is 11.3 Å². The predicted octanol–water partition coefficient (Wildman–Crippen LogP) is 3.09. The second-order valence-corrected chi connectivity index (χ2v) is 3.44. The summed E-state index contributed by atoms with van der Waals surface area (Å²) in [5.41, 5.74) is -5.74. The largest absolute Gasteiger partial charge is 0.462 e. The molecule has 0 aliphatic heterocycles. The first-order chi connectivity index (χ1) is 9.23. The van der Waals surface area contributed by atoms with Crippen molar-refractivity contribution >= 4 is 5.97 Å². The standard InChI is InChI=1S/C11H7F5N2O2/c1-2-20-10(19)5-4-18-6(3-17)8(11(14,15)16)7(5)9(12)13/h4,9H,2H2,1H3. The Kier molecular flexibility index (Phi) is 4.60. The minimum absolute atomic E-state index is 0.205. The van der Waals surface area contributed by atoms with Crippen LogP contribution >= 0.6 is 0 Å². The van der Waals surface area contributed by atoms with Crippen molar-refractivity contribution in [1.82, 2.24) is 4.98 Å². The summed E-state index contributed by atoms with van der Waals surface area (Å²) in [6.07, 6.45) is -8.37. The van der Waals surface area contributed by atoms with Gasteiger partial charge < -0.3 is 4.74 Å². The summed E-state index contributed by atoms with van der Waals surface area (Å²) in [5, 5.41) is 8.55. The zero-order valence-electron chi connectivity index (χ0n) is 9.96. The van der Waals surface area contributed by atoms with Crippen LogP contribution in [0.2, 0.25) is 0 Å². The first-order valence-corrected chi connectivity index (χ1v) is 5.19. The third kappa shape index (κ3) is 3.01. The first kappa shape index (κ1) is 15.8. The van der Waals surface area contributed by atoms with Crippen LogP contribution in [0.4, 0.5) is 22.0 Å². The van der Waals surface area contributed by atoms with Crippen LogP contribution < -0.4 is 0 Å². The molecule has 0 saturated carbocycles. The summed E-state index contributed by atoms with van der Waals surface area (Å²) in [4.78, 5) is 14.5. The van der Waals surface area contributed by atoms with Gasteiger partial charge in [0.25, 0.3) is 6.43 Å². The van der Waals surface area contributed by atoms with Gasteiger partial charge in [0.15, 0.2) is 5.69 Å². The van der Waals surface area contributed by atoms with E-state index < -0.39 is 41.0 Å². The zero-order valence-corrected chi connectivity index (χ0v) is 9.96. The highest BCUT2D eigenvalue weighted by atomic mass is 19.4. The number of carbonyl (C=O) groups excluding carboxylic acids is 1. The van der Waals surface area contributed by atoms with Gasteiger partial charge in [-0.3, -0.25) is 0 Å². The smallest absolute Gasteiger partial charge is 0.419 e. The van der Waals surface area contributed by atoms with Crippen molar-refractivity contribution in [3.05, 3.63) is 28.6 Å². The Hall–Kier alpha value is -2.24. The number of nitriles is 1. The molecule has 0 radical (unpaired) electrons. The van der Waals surface area contributed by atoms with Gasteiger partial charge in [0.05, 0.1) is 12.2 Å². The summed E-state index contributed by atoms with van der Waals surface area (Å²) >= 11 is 0. The molecule has 1 aromatic rings. The van der Waals surface area contributed by atoms with Gasteiger partial charge in [0, 0.05) is 11.8 Å². The fourth-order valence-corrected chi connectivity index (χ4v) is 1.50. The van der Waals surface area contributed by atoms with Gasteiger partial charge in [-0.05, 0) is 6.92 Å². The Morgan fingerprint density at radius 2 is 2.10 bits per heavy atom. The quantitative estimate of drug-likeness (QED) is 0.635. The van der Waals surface area contributed by atoms with Crippen LogP contribution in [0.5, 0.6) is 0 Å². The van der Waals surface area contributed by atoms with Crippen LogP contribution in [0.15, 0.2) is 6.20 Å². The van der Waals surface area contributed by atoms with Crippen molar-refractivity contribution in [3.8, 4) is 6.07 Å². The lowest BCUT2D eigenvalue weighted by molar-refractivity contribution is -0.140. The lowest BCUT2D eigenvalue weighted by Crippen LogP contribution is -2.19. The Morgan fingerprint density at radius 1 is 1.50 bits per heavy atom. The normalized spacial score (nSPS) is 11.3. The molecule has 0 bridgehead atoms. The van der Waals surface area contributed by atoms with Gasteiger partial charge in [-0.25, -0.2) is 18.6 Å². The van der Waals surface area contributed by atoms with E-state index in [1.165, 1.54) is 6.92 Å². The number of halogens is 5. The highest BCUT2D eigenvalue weighted by Gasteiger charge is 2.42. The van der Waals surface area contributed by atoms with E-state index in [0.717, 1.165) is 6.07 Å². The Morgan fingerprint density at radius 3 is 2.50 bits per heavy atom. The number of rotatable bonds is 3. The predicted molar refractivity (Wildman–Crippen MR) is 54.9 cm³/mol. The van der Waals surface area contributed by atoms with Crippen molar-refractivity contribution in [1.29, 1.82) is 5.26 Å². The van der Waals surface area contributed by atoms with Crippen LogP contribution in [0.1, 0.15) is 40.5 Å². The second kappa shape index (κ2) is 5.81. The number of ether oxygens (including phenoxy) is 1. The number of esters is 1. The number of pyridine rings is 1. The maximum absolute atomic E-state index is 12.9. The maximum atomic E-state index is 12.9. The molecule has 0 spiro atoms. The van der Waals surface area contributed by atoms with Crippen LogP contribution in [0.25, 0.3) is 0 Å². The molecular weight excluding hydrogens is 287 g/mol. The fraction of sp³-hybridized carbons (Fsp3) is 0.364. The van der Waals surface area contributed by atoms with Crippen molar-refractivity contribution in [3.63, 3.8) is 0 Å². The van der Waals surface area contributed by atoms with Crippen molar-refractivity contribution in [2.45, 2.75) is 19.5 Å². The lowest BCUT2D eigenvalue weighted by atomic mass is 10.0. The second-order valence-electron chi connectivity index (χ2n) is 3.44. The van der Waals surface area contributed by atoms with Gasteiger partial charge in [0.1, 0.15) is 11.6 Å². The Labute approximate surface area is 109 Å². The number of aromatic nitrogens is 1. The molecule has 0 unspecified atom stereocenters. The molecule has 4 nitrogen and oxygen atoms in total. The van der Waals surface area contributed by atoms with Crippen LogP contribution in [-0.2, 0) is 10.9 Å². The molecule has 0 aromatic carbocycles. The van der Waals surface area contributed by atoms with Gasteiger partial charge in [-0.15, -0.1) is 0 Å². The number of alkyl halides is 5. The molecule has 1 heterocycles. The fourth-order valence-electron chi connectivity index (χ4n) is 1.50. The van der Waals surface area contributed by atoms with Crippen molar-refractivity contribution in [2.24, 2.45) is 0 Å². The minimum atomic E-state index is -5.24. The van der Waals surface area contributed by atoms with E-state index in [9.17, 15) is 26.7 Å². The molecule has 1 aromatic heterocycles. The third-order valence-electron chi connectivity index (χ3n) is 2.22. The number of hydrogen-bond acceptors (Lipinski definition) is 4. The molecule has 0 aliphatic carbocycles. The van der Waals surface area contributed by atoms with Crippen molar-refractivity contribution in [2.75, 3.05) is 6.61 Å². The average molecular weight is 294 g/mol. The SMILES string of the molecule is CCOC(=O)c1cnc(C#N)c(C(F)(F)F)c1C(F)F. The molecule has 0 N–H and O–H groups in total. The third-order valence-corrected chi connectivity index (χ3v) is 2.22. The van der Waals surface area contributed by atoms with Gasteiger partial charge in [0.2, 0.25) is 0 Å². The van der Waals surface area contributed by atoms with Crippen LogP contribution in [-0.4, -0.2) is 17.6 Å². The van der Waals surface area contributed by atoms with Crippen molar-refractivity contribution < 1.29 is 31.5 Å².